The summed E-state index contributed by atoms with van der Waals surface area (Å²) in [5, 5.41) is 15.5. The number of aliphatic hydroxyl groups is 1. The lowest BCUT2D eigenvalue weighted by atomic mass is 10.1. The van der Waals surface area contributed by atoms with Crippen LogP contribution >= 0.6 is 0 Å². The van der Waals surface area contributed by atoms with Gasteiger partial charge in [-0.2, -0.15) is 5.10 Å². The van der Waals surface area contributed by atoms with Crippen molar-refractivity contribution in [1.29, 1.82) is 0 Å². The van der Waals surface area contributed by atoms with Gasteiger partial charge in [0.25, 0.3) is 0 Å². The van der Waals surface area contributed by atoms with Crippen LogP contribution < -0.4 is 4.74 Å². The van der Waals surface area contributed by atoms with Crippen molar-refractivity contribution in [2.75, 3.05) is 40.0 Å². The van der Waals surface area contributed by atoms with Crippen molar-refractivity contribution in [3.63, 3.8) is 0 Å². The highest BCUT2D eigenvalue weighted by atomic mass is 16.5. The Hall–Kier alpha value is -2.71. The van der Waals surface area contributed by atoms with Crippen LogP contribution in [0.25, 0.3) is 11.3 Å². The molecule has 1 atom stereocenters. The maximum absolute atomic E-state index is 10.7. The van der Waals surface area contributed by atoms with Gasteiger partial charge in [0.2, 0.25) is 5.88 Å². The molecular formula is C28H39N3O4. The van der Waals surface area contributed by atoms with E-state index in [1.54, 1.807) is 11.8 Å². The second kappa shape index (κ2) is 13.4. The summed E-state index contributed by atoms with van der Waals surface area (Å²) in [4.78, 5) is 2.17. The van der Waals surface area contributed by atoms with Crippen molar-refractivity contribution in [3.8, 4) is 22.9 Å². The van der Waals surface area contributed by atoms with E-state index < -0.39 is 6.10 Å². The molecule has 7 nitrogen and oxygen atoms in total. The Balaban J connectivity index is 1.90. The molecule has 0 saturated carbocycles. The van der Waals surface area contributed by atoms with E-state index in [0.717, 1.165) is 28.1 Å². The molecule has 0 amide bonds. The van der Waals surface area contributed by atoms with Gasteiger partial charge in [0.1, 0.15) is 11.4 Å². The number of benzene rings is 2. The number of aryl methyl sites for hydroxylation is 2. The number of hydrogen-bond acceptors (Lipinski definition) is 6. The predicted molar refractivity (Wildman–Crippen MR) is 139 cm³/mol. The number of rotatable bonds is 14. The topological polar surface area (TPSA) is 69.0 Å². The van der Waals surface area contributed by atoms with Crippen LogP contribution in [0.3, 0.4) is 0 Å². The fourth-order valence-electron chi connectivity index (χ4n) is 3.91. The van der Waals surface area contributed by atoms with Gasteiger partial charge in [-0.15, -0.1) is 0 Å². The van der Waals surface area contributed by atoms with Crippen molar-refractivity contribution >= 4 is 0 Å². The average molecular weight is 482 g/mol. The quantitative estimate of drug-likeness (QED) is 0.361. The monoisotopic (exact) mass is 481 g/mol. The van der Waals surface area contributed by atoms with Crippen LogP contribution in [0.15, 0.2) is 54.6 Å². The van der Waals surface area contributed by atoms with E-state index >= 15 is 0 Å². The molecule has 190 valence electrons. The number of hydrogen-bond donors (Lipinski definition) is 1. The maximum Gasteiger partial charge on any atom is 0.222 e. The molecule has 1 aromatic heterocycles. The largest absolute Gasteiger partial charge is 0.439 e. The third-order valence-corrected chi connectivity index (χ3v) is 5.56. The van der Waals surface area contributed by atoms with Gasteiger partial charge in [-0.1, -0.05) is 56.3 Å². The zero-order valence-corrected chi connectivity index (χ0v) is 21.6. The molecule has 3 rings (SSSR count). The number of nitrogens with zero attached hydrogens (tertiary/aromatic N) is 3. The number of aliphatic hydroxyl groups excluding tert-OH is 1. The third-order valence-electron chi connectivity index (χ3n) is 5.56. The van der Waals surface area contributed by atoms with Gasteiger partial charge in [-0.25, -0.2) is 4.68 Å². The van der Waals surface area contributed by atoms with Gasteiger partial charge in [-0.3, -0.25) is 4.90 Å². The highest BCUT2D eigenvalue weighted by molar-refractivity contribution is 5.65. The molecule has 35 heavy (non-hydrogen) atoms. The molecule has 0 fully saturated rings. The molecular weight excluding hydrogens is 442 g/mol. The lowest BCUT2D eigenvalue weighted by molar-refractivity contribution is 0.00329. The third kappa shape index (κ3) is 8.18. The van der Waals surface area contributed by atoms with E-state index in [0.29, 0.717) is 51.3 Å². The minimum Gasteiger partial charge on any atom is -0.439 e. The predicted octanol–water partition coefficient (Wildman–Crippen LogP) is 4.67. The van der Waals surface area contributed by atoms with E-state index in [1.807, 2.05) is 56.4 Å². The van der Waals surface area contributed by atoms with E-state index in [4.69, 9.17) is 19.3 Å². The first-order valence-corrected chi connectivity index (χ1v) is 12.2. The molecule has 0 aliphatic rings. The standard InChI is InChI=1S/C28H39N3O4/c1-21(2)19-34-20-24(32)17-31(14-15-33-5)18-26-27(23-11-7-6-8-12-23)29-30(4)28(26)35-25-13-9-10-22(3)16-25/h6-13,16,21,24,32H,14-15,17-20H2,1-5H3/t24-/m0/s1. The fraction of sp³-hybridized carbons (Fsp3) is 0.464. The van der Waals surface area contributed by atoms with Crippen LogP contribution in [-0.2, 0) is 23.1 Å². The van der Waals surface area contributed by atoms with Crippen LogP contribution in [0.5, 0.6) is 11.6 Å². The summed E-state index contributed by atoms with van der Waals surface area (Å²) in [6.45, 7) is 9.37. The van der Waals surface area contributed by atoms with E-state index in [2.05, 4.69) is 30.9 Å². The summed E-state index contributed by atoms with van der Waals surface area (Å²) in [5.41, 5.74) is 3.97. The Morgan fingerprint density at radius 3 is 2.51 bits per heavy atom. The second-order valence-electron chi connectivity index (χ2n) is 9.35. The van der Waals surface area contributed by atoms with Crippen LogP contribution in [-0.4, -0.2) is 65.9 Å². The minimum atomic E-state index is -0.608. The normalized spacial score (nSPS) is 12.5. The van der Waals surface area contributed by atoms with Gasteiger partial charge in [0, 0.05) is 46.0 Å². The molecule has 1 heterocycles. The summed E-state index contributed by atoms with van der Waals surface area (Å²) in [6.07, 6.45) is -0.608. The Kier molecular flexibility index (Phi) is 10.3. The van der Waals surface area contributed by atoms with Crippen LogP contribution in [0.2, 0.25) is 0 Å². The Morgan fingerprint density at radius 2 is 1.83 bits per heavy atom. The molecule has 0 aliphatic carbocycles. The zero-order valence-electron chi connectivity index (χ0n) is 21.6. The van der Waals surface area contributed by atoms with Gasteiger partial charge in [0.05, 0.1) is 24.9 Å². The first kappa shape index (κ1) is 26.9. The molecule has 1 N–H and O–H groups in total. The highest BCUT2D eigenvalue weighted by Gasteiger charge is 2.23. The van der Waals surface area contributed by atoms with Crippen molar-refractivity contribution in [2.45, 2.75) is 33.4 Å². The second-order valence-corrected chi connectivity index (χ2v) is 9.35. The molecule has 7 heteroatoms. The first-order chi connectivity index (χ1) is 16.9. The SMILES string of the molecule is COCCN(Cc1c(-c2ccccc2)nn(C)c1Oc1cccc(C)c1)C[C@H](O)COCC(C)C. The van der Waals surface area contributed by atoms with Crippen LogP contribution in [0.4, 0.5) is 0 Å². The Bertz CT molecular complexity index is 1040. The Morgan fingerprint density at radius 1 is 1.06 bits per heavy atom. The molecule has 0 bridgehead atoms. The lowest BCUT2D eigenvalue weighted by Gasteiger charge is -2.25. The van der Waals surface area contributed by atoms with Gasteiger partial charge in [0.15, 0.2) is 0 Å². The van der Waals surface area contributed by atoms with Crippen molar-refractivity contribution in [3.05, 3.63) is 65.7 Å². The summed E-state index contributed by atoms with van der Waals surface area (Å²) < 4.78 is 19.2. The minimum absolute atomic E-state index is 0.299. The van der Waals surface area contributed by atoms with Crippen molar-refractivity contribution < 1.29 is 19.3 Å². The van der Waals surface area contributed by atoms with E-state index in [-0.39, 0.29) is 0 Å². The highest BCUT2D eigenvalue weighted by Crippen LogP contribution is 2.34. The van der Waals surface area contributed by atoms with Crippen LogP contribution in [0, 0.1) is 12.8 Å². The summed E-state index contributed by atoms with van der Waals surface area (Å²) in [6, 6.07) is 18.1. The smallest absolute Gasteiger partial charge is 0.222 e. The van der Waals surface area contributed by atoms with Crippen LogP contribution in [0.1, 0.15) is 25.0 Å². The summed E-state index contributed by atoms with van der Waals surface area (Å²) in [5.74, 6) is 1.87. The average Bonchev–Trinajstić information content (AvgIpc) is 3.12. The first-order valence-electron chi connectivity index (χ1n) is 12.2. The molecule has 2 aromatic carbocycles. The maximum atomic E-state index is 10.7. The molecule has 0 unspecified atom stereocenters. The zero-order chi connectivity index (χ0) is 25.2. The van der Waals surface area contributed by atoms with E-state index in [1.165, 1.54) is 0 Å². The summed E-state index contributed by atoms with van der Waals surface area (Å²) in [7, 11) is 3.58. The molecule has 3 aromatic rings. The van der Waals surface area contributed by atoms with E-state index in [9.17, 15) is 5.11 Å². The number of ether oxygens (including phenoxy) is 3. The molecule has 0 saturated heterocycles. The molecule has 0 aliphatic heterocycles. The lowest BCUT2D eigenvalue weighted by Crippen LogP contribution is -2.37. The van der Waals surface area contributed by atoms with Crippen molar-refractivity contribution in [2.24, 2.45) is 13.0 Å². The summed E-state index contributed by atoms with van der Waals surface area (Å²) >= 11 is 0. The van der Waals surface area contributed by atoms with Crippen molar-refractivity contribution in [1.82, 2.24) is 14.7 Å². The Labute approximate surface area is 209 Å². The number of aromatic nitrogens is 2. The molecule has 0 spiro atoms. The van der Waals surface area contributed by atoms with Gasteiger partial charge in [-0.05, 0) is 30.5 Å². The molecule has 0 radical (unpaired) electrons. The van der Waals surface area contributed by atoms with Gasteiger partial charge >= 0.3 is 0 Å². The fourth-order valence-corrected chi connectivity index (χ4v) is 3.91. The van der Waals surface area contributed by atoms with Gasteiger partial charge < -0.3 is 19.3 Å². The number of methoxy groups -OCH3 is 1.